The zero-order chi connectivity index (χ0) is 14.4. The summed E-state index contributed by atoms with van der Waals surface area (Å²) in [5, 5.41) is 0. The summed E-state index contributed by atoms with van der Waals surface area (Å²) in [4.78, 5) is 16.3. The molecule has 0 spiro atoms. The van der Waals surface area contributed by atoms with Crippen LogP contribution in [0.25, 0.3) is 0 Å². The lowest BCUT2D eigenvalue weighted by atomic mass is 10.0. The molecule has 0 radical (unpaired) electrons. The minimum atomic E-state index is 0.111. The number of aromatic nitrogens is 1. The molecular formula is C17H19NO2. The van der Waals surface area contributed by atoms with Crippen molar-refractivity contribution in [3.8, 4) is 5.88 Å². The Kier molecular flexibility index (Phi) is 4.88. The molecule has 0 bridgehead atoms. The lowest BCUT2D eigenvalue weighted by Crippen LogP contribution is -2.04. The average Bonchev–Trinajstić information content (AvgIpc) is 2.49. The van der Waals surface area contributed by atoms with Gasteiger partial charge in [-0.15, -0.1) is 0 Å². The van der Waals surface area contributed by atoms with Crippen LogP contribution in [0.15, 0.2) is 42.6 Å². The molecule has 20 heavy (non-hydrogen) atoms. The summed E-state index contributed by atoms with van der Waals surface area (Å²) in [7, 11) is 1.57. The van der Waals surface area contributed by atoms with Gasteiger partial charge in [0.25, 0.3) is 0 Å². The highest BCUT2D eigenvalue weighted by atomic mass is 16.5. The first-order chi connectivity index (χ1) is 9.72. The number of ether oxygens (including phenoxy) is 1. The Morgan fingerprint density at radius 2 is 1.80 bits per heavy atom. The third-order valence-electron chi connectivity index (χ3n) is 3.19. The summed E-state index contributed by atoms with van der Waals surface area (Å²) < 4.78 is 5.00. The van der Waals surface area contributed by atoms with Gasteiger partial charge in [0.05, 0.1) is 7.11 Å². The Balaban J connectivity index is 2.03. The fourth-order valence-corrected chi connectivity index (χ4v) is 2.07. The molecular weight excluding hydrogens is 250 g/mol. The van der Waals surface area contributed by atoms with Crippen molar-refractivity contribution in [3.63, 3.8) is 0 Å². The zero-order valence-corrected chi connectivity index (χ0v) is 11.9. The van der Waals surface area contributed by atoms with Crippen LogP contribution in [-0.2, 0) is 12.8 Å². The summed E-state index contributed by atoms with van der Waals surface area (Å²) in [6.45, 7) is 2.15. The van der Waals surface area contributed by atoms with Gasteiger partial charge in [0.15, 0.2) is 5.78 Å². The number of carbonyl (C=O) groups excluding carboxylic acids is 1. The number of hydrogen-bond donors (Lipinski definition) is 0. The number of ketones is 1. The van der Waals surface area contributed by atoms with E-state index in [9.17, 15) is 4.79 Å². The Labute approximate surface area is 119 Å². The zero-order valence-electron chi connectivity index (χ0n) is 11.9. The summed E-state index contributed by atoms with van der Waals surface area (Å²) in [6, 6.07) is 11.5. The molecule has 0 amide bonds. The molecule has 0 saturated heterocycles. The van der Waals surface area contributed by atoms with Gasteiger partial charge in [-0.2, -0.15) is 0 Å². The molecule has 3 nitrogen and oxygen atoms in total. The molecule has 2 rings (SSSR count). The standard InChI is InChI=1S/C17H19NO2/c1-3-4-13-5-8-15(9-6-13)16(19)11-14-7-10-17(20-2)18-12-14/h5-10,12H,3-4,11H2,1-2H3. The summed E-state index contributed by atoms with van der Waals surface area (Å²) >= 11 is 0. The largest absolute Gasteiger partial charge is 0.481 e. The van der Waals surface area contributed by atoms with Crippen LogP contribution in [0.2, 0.25) is 0 Å². The van der Waals surface area contributed by atoms with Crippen molar-refractivity contribution in [1.29, 1.82) is 0 Å². The van der Waals surface area contributed by atoms with Crippen molar-refractivity contribution in [2.45, 2.75) is 26.2 Å². The number of hydrogen-bond acceptors (Lipinski definition) is 3. The fourth-order valence-electron chi connectivity index (χ4n) is 2.07. The van der Waals surface area contributed by atoms with Gasteiger partial charge < -0.3 is 4.74 Å². The molecule has 0 saturated carbocycles. The van der Waals surface area contributed by atoms with Crippen molar-refractivity contribution >= 4 is 5.78 Å². The van der Waals surface area contributed by atoms with Crippen molar-refractivity contribution in [2.24, 2.45) is 0 Å². The van der Waals surface area contributed by atoms with Crippen LogP contribution in [-0.4, -0.2) is 17.9 Å². The first kappa shape index (κ1) is 14.3. The van der Waals surface area contributed by atoms with E-state index in [0.29, 0.717) is 12.3 Å². The quantitative estimate of drug-likeness (QED) is 0.754. The highest BCUT2D eigenvalue weighted by Gasteiger charge is 2.07. The summed E-state index contributed by atoms with van der Waals surface area (Å²) in [5.41, 5.74) is 2.92. The monoisotopic (exact) mass is 269 g/mol. The number of Topliss-reactive ketones (excluding diaryl/α,β-unsaturated/α-hetero) is 1. The normalized spacial score (nSPS) is 10.3. The predicted molar refractivity (Wildman–Crippen MR) is 79.3 cm³/mol. The maximum absolute atomic E-state index is 12.2. The molecule has 0 aliphatic carbocycles. The van der Waals surface area contributed by atoms with Gasteiger partial charge in [-0.3, -0.25) is 4.79 Å². The number of pyridine rings is 1. The second-order valence-corrected chi connectivity index (χ2v) is 4.76. The Hall–Kier alpha value is -2.16. The van der Waals surface area contributed by atoms with Crippen LogP contribution < -0.4 is 4.74 Å². The number of methoxy groups -OCH3 is 1. The van der Waals surface area contributed by atoms with E-state index in [1.54, 1.807) is 19.4 Å². The van der Waals surface area contributed by atoms with Gasteiger partial charge >= 0.3 is 0 Å². The number of aryl methyl sites for hydroxylation is 1. The molecule has 0 aliphatic heterocycles. The lowest BCUT2D eigenvalue weighted by Gasteiger charge is -2.04. The number of nitrogens with zero attached hydrogens (tertiary/aromatic N) is 1. The van der Waals surface area contributed by atoms with E-state index in [2.05, 4.69) is 11.9 Å². The number of carbonyl (C=O) groups is 1. The fraction of sp³-hybridized carbons (Fsp3) is 0.294. The second-order valence-electron chi connectivity index (χ2n) is 4.76. The molecule has 1 aromatic carbocycles. The SMILES string of the molecule is CCCc1ccc(C(=O)Cc2ccc(OC)nc2)cc1. The molecule has 1 heterocycles. The molecule has 2 aromatic rings. The second kappa shape index (κ2) is 6.85. The molecule has 3 heteroatoms. The van der Waals surface area contributed by atoms with Crippen molar-refractivity contribution in [3.05, 3.63) is 59.3 Å². The third-order valence-corrected chi connectivity index (χ3v) is 3.19. The minimum Gasteiger partial charge on any atom is -0.481 e. The smallest absolute Gasteiger partial charge is 0.212 e. The highest BCUT2D eigenvalue weighted by Crippen LogP contribution is 2.12. The van der Waals surface area contributed by atoms with Crippen LogP contribution in [0.4, 0.5) is 0 Å². The highest BCUT2D eigenvalue weighted by molar-refractivity contribution is 5.97. The Bertz CT molecular complexity index is 559. The van der Waals surface area contributed by atoms with Gasteiger partial charge in [0.1, 0.15) is 0 Å². The third kappa shape index (κ3) is 3.67. The first-order valence-electron chi connectivity index (χ1n) is 6.84. The van der Waals surface area contributed by atoms with Crippen molar-refractivity contribution < 1.29 is 9.53 Å². The first-order valence-corrected chi connectivity index (χ1v) is 6.84. The van der Waals surface area contributed by atoms with Gasteiger partial charge in [0, 0.05) is 24.2 Å². The molecule has 0 atom stereocenters. The van der Waals surface area contributed by atoms with Crippen molar-refractivity contribution in [1.82, 2.24) is 4.98 Å². The number of benzene rings is 1. The molecule has 0 aliphatic rings. The maximum atomic E-state index is 12.2. The van der Waals surface area contributed by atoms with Crippen molar-refractivity contribution in [2.75, 3.05) is 7.11 Å². The van der Waals surface area contributed by atoms with E-state index in [4.69, 9.17) is 4.74 Å². The van der Waals surface area contributed by atoms with E-state index in [1.165, 1.54) is 5.56 Å². The molecule has 0 N–H and O–H groups in total. The Morgan fingerprint density at radius 1 is 1.10 bits per heavy atom. The minimum absolute atomic E-state index is 0.111. The van der Waals surface area contributed by atoms with Gasteiger partial charge in [-0.05, 0) is 17.5 Å². The molecule has 0 fully saturated rings. The van der Waals surface area contributed by atoms with Gasteiger partial charge in [-0.25, -0.2) is 4.98 Å². The van der Waals surface area contributed by atoms with E-state index < -0.39 is 0 Å². The average molecular weight is 269 g/mol. The maximum Gasteiger partial charge on any atom is 0.212 e. The van der Waals surface area contributed by atoms with E-state index in [-0.39, 0.29) is 5.78 Å². The summed E-state index contributed by atoms with van der Waals surface area (Å²) in [6.07, 6.45) is 4.22. The van der Waals surface area contributed by atoms with E-state index in [0.717, 1.165) is 24.0 Å². The van der Waals surface area contributed by atoms with Crippen LogP contribution in [0.3, 0.4) is 0 Å². The lowest BCUT2D eigenvalue weighted by molar-refractivity contribution is 0.0993. The summed E-state index contributed by atoms with van der Waals surface area (Å²) in [5.74, 6) is 0.671. The van der Waals surface area contributed by atoms with Crippen LogP contribution in [0.5, 0.6) is 5.88 Å². The molecule has 0 unspecified atom stereocenters. The van der Waals surface area contributed by atoms with Crippen LogP contribution in [0.1, 0.15) is 34.8 Å². The van der Waals surface area contributed by atoms with Crippen LogP contribution in [0, 0.1) is 0 Å². The van der Waals surface area contributed by atoms with E-state index >= 15 is 0 Å². The van der Waals surface area contributed by atoms with Gasteiger partial charge in [-0.1, -0.05) is 43.7 Å². The Morgan fingerprint density at radius 3 is 2.35 bits per heavy atom. The predicted octanol–water partition coefficient (Wildman–Crippen LogP) is 3.47. The van der Waals surface area contributed by atoms with E-state index in [1.807, 2.05) is 30.3 Å². The van der Waals surface area contributed by atoms with Crippen LogP contribution >= 0.6 is 0 Å². The van der Waals surface area contributed by atoms with Gasteiger partial charge in [0.2, 0.25) is 5.88 Å². The topological polar surface area (TPSA) is 39.2 Å². The number of rotatable bonds is 6. The molecule has 1 aromatic heterocycles. The molecule has 104 valence electrons.